The Hall–Kier alpha value is -4.93. The van der Waals surface area contributed by atoms with Crippen molar-refractivity contribution in [3.63, 3.8) is 0 Å². The highest BCUT2D eigenvalue weighted by Crippen LogP contribution is 2.59. The average molecular weight is 564 g/mol. The first-order valence-corrected chi connectivity index (χ1v) is 12.8. The lowest BCUT2D eigenvalue weighted by Crippen LogP contribution is -2.40. The molecule has 3 atom stereocenters. The van der Waals surface area contributed by atoms with Gasteiger partial charge in [-0.15, -0.1) is 5.92 Å². The second-order valence-corrected chi connectivity index (χ2v) is 9.84. The molecule has 2 fully saturated rings. The summed E-state index contributed by atoms with van der Waals surface area (Å²) in [5.41, 5.74) is 6.20. The summed E-state index contributed by atoms with van der Waals surface area (Å²) in [6.07, 6.45) is 6.41. The molecule has 0 aromatic carbocycles. The minimum atomic E-state index is -2.47. The van der Waals surface area contributed by atoms with E-state index in [-0.39, 0.29) is 17.7 Å². The van der Waals surface area contributed by atoms with Crippen molar-refractivity contribution in [2.24, 2.45) is 24.6 Å². The summed E-state index contributed by atoms with van der Waals surface area (Å²) < 4.78 is 29.9. The van der Waals surface area contributed by atoms with E-state index in [2.05, 4.69) is 31.8 Å². The van der Waals surface area contributed by atoms with Gasteiger partial charge >= 0.3 is 5.69 Å². The molecule has 0 bridgehead atoms. The number of halogens is 2. The molecule has 12 nitrogen and oxygen atoms in total. The standard InChI is InChI=1S/C14H12F2N4.C13H15N5O3/c15-14(16)10-7-20(8-11(10)14)13-18-5-9(6-19-13)12-3-1-2-4-17-12;1-4-5-6-17-12(20)9-11(16(3)13(17)21)15-7-18(9)8(2)10(14)19/h1-6,10-11H,7-8H2;7-8H,6H2,1-3H3,(H2,14,19)/t;8-/m.0/s1. The number of aryl methyl sites for hydroxylation is 1. The number of anilines is 1. The van der Waals surface area contributed by atoms with Gasteiger partial charge in [-0.2, -0.15) is 0 Å². The zero-order valence-corrected chi connectivity index (χ0v) is 22.5. The van der Waals surface area contributed by atoms with E-state index in [1.54, 1.807) is 32.4 Å². The molecule has 0 radical (unpaired) electrons. The molecule has 1 aliphatic heterocycles. The predicted molar refractivity (Wildman–Crippen MR) is 146 cm³/mol. The lowest BCUT2D eigenvalue weighted by Gasteiger charge is -2.19. The van der Waals surface area contributed by atoms with Crippen LogP contribution in [-0.2, 0) is 18.4 Å². The number of nitrogens with zero attached hydrogens (tertiary/aromatic N) is 8. The van der Waals surface area contributed by atoms with Crippen LogP contribution in [0.15, 0.2) is 52.7 Å². The molecule has 6 rings (SSSR count). The summed E-state index contributed by atoms with van der Waals surface area (Å²) in [6, 6.07) is 4.87. The van der Waals surface area contributed by atoms with Crippen LogP contribution in [0.2, 0.25) is 0 Å². The minimum absolute atomic E-state index is 0.0198. The Balaban J connectivity index is 0.000000165. The van der Waals surface area contributed by atoms with Crippen LogP contribution in [-0.4, -0.2) is 58.6 Å². The van der Waals surface area contributed by atoms with E-state index in [1.165, 1.54) is 22.5 Å². The van der Waals surface area contributed by atoms with E-state index in [0.29, 0.717) is 19.0 Å². The van der Waals surface area contributed by atoms with Gasteiger partial charge in [0.05, 0.1) is 30.4 Å². The zero-order chi connectivity index (χ0) is 29.5. The van der Waals surface area contributed by atoms with Crippen LogP contribution in [0.4, 0.5) is 14.7 Å². The number of alkyl halides is 2. The van der Waals surface area contributed by atoms with Crippen molar-refractivity contribution in [2.75, 3.05) is 18.0 Å². The molecule has 1 saturated heterocycles. The monoisotopic (exact) mass is 563 g/mol. The highest BCUT2D eigenvalue weighted by Gasteiger charge is 2.72. The maximum atomic E-state index is 13.1. The summed E-state index contributed by atoms with van der Waals surface area (Å²) in [6.45, 7) is 3.85. The van der Waals surface area contributed by atoms with Gasteiger partial charge in [0, 0.05) is 44.3 Å². The largest absolute Gasteiger partial charge is 0.368 e. The van der Waals surface area contributed by atoms with Crippen molar-refractivity contribution in [3.8, 4) is 23.1 Å². The van der Waals surface area contributed by atoms with Crippen LogP contribution in [0, 0.1) is 23.7 Å². The van der Waals surface area contributed by atoms with Gasteiger partial charge in [-0.05, 0) is 26.0 Å². The minimum Gasteiger partial charge on any atom is -0.368 e. The van der Waals surface area contributed by atoms with Gasteiger partial charge in [0.25, 0.3) is 11.5 Å². The molecule has 1 aliphatic carbocycles. The topological polar surface area (TPSA) is 147 Å². The Morgan fingerprint density at radius 1 is 1.15 bits per heavy atom. The zero-order valence-electron chi connectivity index (χ0n) is 22.5. The number of primary amides is 1. The highest BCUT2D eigenvalue weighted by molar-refractivity contribution is 5.81. The predicted octanol–water partition coefficient (Wildman–Crippen LogP) is 1.21. The van der Waals surface area contributed by atoms with E-state index in [9.17, 15) is 23.2 Å². The molecule has 2 N–H and O–H groups in total. The van der Waals surface area contributed by atoms with Crippen LogP contribution >= 0.6 is 0 Å². The van der Waals surface area contributed by atoms with E-state index in [1.807, 2.05) is 23.1 Å². The maximum Gasteiger partial charge on any atom is 0.333 e. The van der Waals surface area contributed by atoms with Gasteiger partial charge in [0.15, 0.2) is 11.2 Å². The molecule has 4 aromatic rings. The quantitative estimate of drug-likeness (QED) is 0.357. The van der Waals surface area contributed by atoms with E-state index in [4.69, 9.17) is 5.73 Å². The molecule has 4 aromatic heterocycles. The number of carbonyl (C=O) groups is 1. The van der Waals surface area contributed by atoms with Crippen LogP contribution < -0.4 is 21.9 Å². The number of aromatic nitrogens is 7. The Kier molecular flexibility index (Phi) is 7.12. The number of carbonyl (C=O) groups excluding carboxylic acids is 1. The first-order valence-electron chi connectivity index (χ1n) is 12.8. The molecular weight excluding hydrogens is 536 g/mol. The molecule has 212 valence electrons. The third kappa shape index (κ3) is 4.94. The summed E-state index contributed by atoms with van der Waals surface area (Å²) >= 11 is 0. The third-order valence-electron chi connectivity index (χ3n) is 7.38. The lowest BCUT2D eigenvalue weighted by molar-refractivity contribution is -0.120. The number of hydrogen-bond acceptors (Lipinski definition) is 8. The molecular formula is C27H27F2N9O3. The summed E-state index contributed by atoms with van der Waals surface area (Å²) in [7, 11) is 1.51. The molecule has 1 amide bonds. The van der Waals surface area contributed by atoms with Crippen molar-refractivity contribution in [1.82, 2.24) is 33.6 Å². The highest BCUT2D eigenvalue weighted by atomic mass is 19.3. The van der Waals surface area contributed by atoms with E-state index in [0.717, 1.165) is 15.8 Å². The Labute approximate surface area is 232 Å². The number of rotatable bonds is 5. The first kappa shape index (κ1) is 27.6. The van der Waals surface area contributed by atoms with Gasteiger partial charge in [0.1, 0.15) is 6.04 Å². The normalized spacial score (nSPS) is 19.0. The van der Waals surface area contributed by atoms with Crippen molar-refractivity contribution in [2.45, 2.75) is 32.4 Å². The molecule has 2 aliphatic rings. The van der Waals surface area contributed by atoms with Gasteiger partial charge in [-0.1, -0.05) is 12.0 Å². The van der Waals surface area contributed by atoms with Gasteiger partial charge in [-0.3, -0.25) is 19.1 Å². The fraction of sp³-hybridized carbons (Fsp3) is 0.370. The van der Waals surface area contributed by atoms with Crippen molar-refractivity contribution in [1.29, 1.82) is 0 Å². The number of pyridine rings is 1. The number of hydrogen-bond donors (Lipinski definition) is 1. The van der Waals surface area contributed by atoms with Crippen LogP contribution in [0.1, 0.15) is 19.9 Å². The Morgan fingerprint density at radius 2 is 1.83 bits per heavy atom. The second kappa shape index (κ2) is 10.6. The lowest BCUT2D eigenvalue weighted by atomic mass is 10.2. The van der Waals surface area contributed by atoms with Gasteiger partial charge in [-0.25, -0.2) is 33.1 Å². The first-order chi connectivity index (χ1) is 19.6. The Bertz CT molecular complexity index is 1770. The molecule has 1 saturated carbocycles. The van der Waals surface area contributed by atoms with Crippen molar-refractivity contribution < 1.29 is 13.6 Å². The smallest absolute Gasteiger partial charge is 0.333 e. The SMILES string of the molecule is CC#CCn1c(=O)c2c(ncn2[C@@H](C)C(N)=O)n(C)c1=O.FC1(F)C2CN(c3ncc(-c4ccccn4)cn3)CC21. The summed E-state index contributed by atoms with van der Waals surface area (Å²) in [5.74, 6) is 1.75. The summed E-state index contributed by atoms with van der Waals surface area (Å²) in [4.78, 5) is 54.6. The summed E-state index contributed by atoms with van der Waals surface area (Å²) in [5, 5.41) is 0. The average Bonchev–Trinajstić information content (AvgIpc) is 3.40. The fourth-order valence-electron chi connectivity index (χ4n) is 4.84. The van der Waals surface area contributed by atoms with E-state index < -0.39 is 41.0 Å². The van der Waals surface area contributed by atoms with Crippen LogP contribution in [0.25, 0.3) is 22.4 Å². The van der Waals surface area contributed by atoms with E-state index >= 15 is 0 Å². The maximum absolute atomic E-state index is 13.1. The number of nitrogens with two attached hydrogens (primary N) is 1. The van der Waals surface area contributed by atoms with Crippen molar-refractivity contribution in [3.05, 3.63) is 64.0 Å². The number of piperidine rings is 1. The van der Waals surface area contributed by atoms with Crippen LogP contribution in [0.5, 0.6) is 0 Å². The number of fused-ring (bicyclic) bond motifs is 2. The third-order valence-corrected chi connectivity index (χ3v) is 7.38. The Morgan fingerprint density at radius 3 is 2.41 bits per heavy atom. The second-order valence-electron chi connectivity index (χ2n) is 9.84. The molecule has 0 spiro atoms. The fourth-order valence-corrected chi connectivity index (χ4v) is 4.84. The van der Waals surface area contributed by atoms with Crippen molar-refractivity contribution >= 4 is 23.0 Å². The van der Waals surface area contributed by atoms with Crippen LogP contribution in [0.3, 0.4) is 0 Å². The molecule has 41 heavy (non-hydrogen) atoms. The number of amides is 1. The number of imidazole rings is 1. The molecule has 14 heteroatoms. The molecule has 2 unspecified atom stereocenters. The van der Waals surface area contributed by atoms with Gasteiger partial charge < -0.3 is 15.2 Å². The molecule has 5 heterocycles. The van der Waals surface area contributed by atoms with Gasteiger partial charge in [0.2, 0.25) is 11.9 Å².